The highest BCUT2D eigenvalue weighted by molar-refractivity contribution is 9.10. The first-order valence-corrected chi connectivity index (χ1v) is 7.44. The van der Waals surface area contributed by atoms with Gasteiger partial charge in [0.1, 0.15) is 0 Å². The Balaban J connectivity index is 2.31. The highest BCUT2D eigenvalue weighted by Gasteiger charge is 2.36. The number of aryl methyl sites for hydroxylation is 1. The average Bonchev–Trinajstić information content (AvgIpc) is 2.39. The molecule has 2 nitrogen and oxygen atoms in total. The van der Waals surface area contributed by atoms with Crippen LogP contribution in [0.5, 0.6) is 0 Å². The van der Waals surface area contributed by atoms with Crippen LogP contribution in [0, 0.1) is 6.92 Å². The third-order valence-electron chi connectivity index (χ3n) is 3.62. The van der Waals surface area contributed by atoms with E-state index < -0.39 is 18.6 Å². The molecule has 1 saturated heterocycles. The zero-order valence-electron chi connectivity index (χ0n) is 11.3. The summed E-state index contributed by atoms with van der Waals surface area (Å²) in [5, 5.41) is 3.18. The molecule has 1 aliphatic heterocycles. The molecule has 112 valence electrons. The number of halogens is 4. The van der Waals surface area contributed by atoms with Crippen molar-refractivity contribution in [2.24, 2.45) is 0 Å². The van der Waals surface area contributed by atoms with Crippen LogP contribution in [0.25, 0.3) is 0 Å². The van der Waals surface area contributed by atoms with Crippen LogP contribution in [0.3, 0.4) is 0 Å². The summed E-state index contributed by atoms with van der Waals surface area (Å²) in [7, 11) is 0. The number of hydrogen-bond donors (Lipinski definition) is 1. The number of piperazine rings is 1. The van der Waals surface area contributed by atoms with Gasteiger partial charge in [-0.25, -0.2) is 0 Å². The van der Waals surface area contributed by atoms with Crippen LogP contribution in [-0.2, 0) is 0 Å². The van der Waals surface area contributed by atoms with Crippen molar-refractivity contribution < 1.29 is 13.2 Å². The lowest BCUT2D eigenvalue weighted by molar-refractivity contribution is -0.148. The van der Waals surface area contributed by atoms with Crippen LogP contribution in [0.1, 0.15) is 23.6 Å². The first kappa shape index (κ1) is 15.8. The summed E-state index contributed by atoms with van der Waals surface area (Å²) in [6.07, 6.45) is -4.96. The zero-order valence-corrected chi connectivity index (χ0v) is 12.9. The molecule has 0 spiro atoms. The predicted octanol–water partition coefficient (Wildman–Crippen LogP) is 3.66. The lowest BCUT2D eigenvalue weighted by Gasteiger charge is -2.36. The van der Waals surface area contributed by atoms with E-state index >= 15 is 0 Å². The second-order valence-electron chi connectivity index (χ2n) is 5.12. The highest BCUT2D eigenvalue weighted by Crippen LogP contribution is 2.36. The molecule has 1 aromatic carbocycles. The van der Waals surface area contributed by atoms with Gasteiger partial charge in [0.25, 0.3) is 0 Å². The van der Waals surface area contributed by atoms with Gasteiger partial charge < -0.3 is 5.32 Å². The topological polar surface area (TPSA) is 15.3 Å². The fourth-order valence-corrected chi connectivity index (χ4v) is 3.00. The molecule has 1 N–H and O–H groups in total. The summed E-state index contributed by atoms with van der Waals surface area (Å²) < 4.78 is 39.6. The van der Waals surface area contributed by atoms with E-state index in [-0.39, 0.29) is 0 Å². The molecule has 0 aliphatic carbocycles. The molecule has 1 fully saturated rings. The van der Waals surface area contributed by atoms with Crippen molar-refractivity contribution in [2.45, 2.75) is 25.6 Å². The van der Waals surface area contributed by atoms with Crippen molar-refractivity contribution in [2.75, 3.05) is 26.2 Å². The summed E-state index contributed by atoms with van der Waals surface area (Å²) in [5.74, 6) is 0. The van der Waals surface area contributed by atoms with E-state index in [9.17, 15) is 13.2 Å². The molecular formula is C14H18BrF3N2. The molecule has 20 heavy (non-hydrogen) atoms. The van der Waals surface area contributed by atoms with Crippen molar-refractivity contribution in [3.05, 3.63) is 33.8 Å². The normalized spacial score (nSPS) is 19.1. The van der Waals surface area contributed by atoms with Crippen LogP contribution in [-0.4, -0.2) is 37.3 Å². The Hall–Kier alpha value is -0.590. The Bertz CT molecular complexity index is 456. The van der Waals surface area contributed by atoms with E-state index in [0.717, 1.165) is 28.7 Å². The van der Waals surface area contributed by atoms with Crippen LogP contribution >= 0.6 is 15.9 Å². The Kier molecular flexibility index (Phi) is 5.09. The van der Waals surface area contributed by atoms with Gasteiger partial charge in [-0.2, -0.15) is 13.2 Å². The van der Waals surface area contributed by atoms with E-state index in [0.29, 0.717) is 13.1 Å². The molecule has 2 rings (SSSR count). The molecule has 1 aliphatic rings. The van der Waals surface area contributed by atoms with Crippen molar-refractivity contribution >= 4 is 15.9 Å². The Labute approximate surface area is 125 Å². The van der Waals surface area contributed by atoms with Crippen molar-refractivity contribution in [1.82, 2.24) is 10.2 Å². The first-order chi connectivity index (χ1) is 9.37. The van der Waals surface area contributed by atoms with Gasteiger partial charge >= 0.3 is 6.18 Å². The molecule has 0 unspecified atom stereocenters. The third kappa shape index (κ3) is 4.20. The van der Waals surface area contributed by atoms with Crippen LogP contribution in [0.15, 0.2) is 22.7 Å². The minimum Gasteiger partial charge on any atom is -0.314 e. The molecule has 1 atom stereocenters. The minimum atomic E-state index is -4.16. The van der Waals surface area contributed by atoms with Gasteiger partial charge in [0, 0.05) is 36.7 Å². The molecule has 0 aromatic heterocycles. The van der Waals surface area contributed by atoms with E-state index in [1.165, 1.54) is 0 Å². The zero-order chi connectivity index (χ0) is 14.8. The van der Waals surface area contributed by atoms with Crippen molar-refractivity contribution in [3.8, 4) is 0 Å². The molecule has 1 heterocycles. The quantitative estimate of drug-likeness (QED) is 0.894. The van der Waals surface area contributed by atoms with Gasteiger partial charge in [-0.05, 0) is 30.2 Å². The fraction of sp³-hybridized carbons (Fsp3) is 0.571. The van der Waals surface area contributed by atoms with E-state index in [2.05, 4.69) is 21.2 Å². The van der Waals surface area contributed by atoms with Gasteiger partial charge in [-0.1, -0.05) is 22.0 Å². The third-order valence-corrected chi connectivity index (χ3v) is 4.11. The Morgan fingerprint density at radius 1 is 1.30 bits per heavy atom. The van der Waals surface area contributed by atoms with Crippen LogP contribution < -0.4 is 5.32 Å². The smallest absolute Gasteiger partial charge is 0.314 e. The van der Waals surface area contributed by atoms with Crippen LogP contribution in [0.2, 0.25) is 0 Å². The lowest BCUT2D eigenvalue weighted by atomic mass is 9.96. The molecule has 1 aromatic rings. The summed E-state index contributed by atoms with van der Waals surface area (Å²) in [5.41, 5.74) is 1.67. The van der Waals surface area contributed by atoms with Gasteiger partial charge in [0.2, 0.25) is 0 Å². The number of alkyl halides is 3. The molecule has 0 bridgehead atoms. The monoisotopic (exact) mass is 350 g/mol. The standard InChI is InChI=1S/C14H18BrF3N2/c1-10-2-3-11(15)8-12(10)13(9-14(16,17)18)20-6-4-19-5-7-20/h2-3,8,13,19H,4-7,9H2,1H3/t13-/m1/s1. The maximum absolute atomic E-state index is 12.9. The molecule has 0 saturated carbocycles. The second kappa shape index (κ2) is 6.45. The molecule has 0 amide bonds. The van der Waals surface area contributed by atoms with Gasteiger partial charge in [-0.3, -0.25) is 4.90 Å². The Morgan fingerprint density at radius 3 is 2.55 bits per heavy atom. The van der Waals surface area contributed by atoms with E-state index in [4.69, 9.17) is 0 Å². The Morgan fingerprint density at radius 2 is 1.95 bits per heavy atom. The maximum atomic E-state index is 12.9. The summed E-state index contributed by atoms with van der Waals surface area (Å²) in [6, 6.07) is 4.94. The summed E-state index contributed by atoms with van der Waals surface area (Å²) in [4.78, 5) is 1.93. The average molecular weight is 351 g/mol. The SMILES string of the molecule is Cc1ccc(Br)cc1[C@@H](CC(F)(F)F)N1CCNCC1. The van der Waals surface area contributed by atoms with Gasteiger partial charge in [-0.15, -0.1) is 0 Å². The van der Waals surface area contributed by atoms with E-state index in [1.54, 1.807) is 0 Å². The van der Waals surface area contributed by atoms with E-state index in [1.807, 2.05) is 30.0 Å². The van der Waals surface area contributed by atoms with Gasteiger partial charge in [0.15, 0.2) is 0 Å². The van der Waals surface area contributed by atoms with Crippen molar-refractivity contribution in [3.63, 3.8) is 0 Å². The number of benzene rings is 1. The number of nitrogens with zero attached hydrogens (tertiary/aromatic N) is 1. The van der Waals surface area contributed by atoms with Crippen molar-refractivity contribution in [1.29, 1.82) is 0 Å². The maximum Gasteiger partial charge on any atom is 0.390 e. The molecule has 6 heteroatoms. The fourth-order valence-electron chi connectivity index (χ4n) is 2.62. The number of hydrogen-bond acceptors (Lipinski definition) is 2. The molecule has 0 radical (unpaired) electrons. The number of rotatable bonds is 3. The van der Waals surface area contributed by atoms with Crippen LogP contribution in [0.4, 0.5) is 13.2 Å². The summed E-state index contributed by atoms with van der Waals surface area (Å²) >= 11 is 3.36. The predicted molar refractivity (Wildman–Crippen MR) is 76.7 cm³/mol. The lowest BCUT2D eigenvalue weighted by Crippen LogP contribution is -2.46. The minimum absolute atomic E-state index is 0.602. The van der Waals surface area contributed by atoms with Gasteiger partial charge in [0.05, 0.1) is 6.42 Å². The summed E-state index contributed by atoms with van der Waals surface area (Å²) in [6.45, 7) is 4.63. The largest absolute Gasteiger partial charge is 0.390 e. The first-order valence-electron chi connectivity index (χ1n) is 6.64. The second-order valence-corrected chi connectivity index (χ2v) is 6.04. The number of nitrogens with one attached hydrogen (secondary N) is 1. The molecular weight excluding hydrogens is 333 g/mol. The highest BCUT2D eigenvalue weighted by atomic mass is 79.9.